The Bertz CT molecular complexity index is 805. The van der Waals surface area contributed by atoms with Gasteiger partial charge in [-0.15, -0.1) is 0 Å². The van der Waals surface area contributed by atoms with Crippen LogP contribution in [-0.2, 0) is 22.4 Å². The number of nitrogens with one attached hydrogen (secondary N) is 1. The second-order valence-corrected chi connectivity index (χ2v) is 5.59. The van der Waals surface area contributed by atoms with Gasteiger partial charge in [0.05, 0.1) is 11.3 Å². The van der Waals surface area contributed by atoms with E-state index in [1.165, 1.54) is 5.56 Å². The van der Waals surface area contributed by atoms with Crippen molar-refractivity contribution in [2.24, 2.45) is 0 Å². The summed E-state index contributed by atoms with van der Waals surface area (Å²) in [6.45, 7) is -0.549. The molecular formula is C18H15F2NO3. The van der Waals surface area contributed by atoms with Crippen molar-refractivity contribution in [3.05, 3.63) is 64.7 Å². The molecule has 0 heterocycles. The topological polar surface area (TPSA) is 55.4 Å². The Balaban J connectivity index is 1.57. The summed E-state index contributed by atoms with van der Waals surface area (Å²) >= 11 is 0. The maximum atomic E-state index is 13.4. The fourth-order valence-electron chi connectivity index (χ4n) is 2.69. The third kappa shape index (κ3) is 3.59. The molecule has 6 heteroatoms. The van der Waals surface area contributed by atoms with Crippen LogP contribution < -0.4 is 5.32 Å². The van der Waals surface area contributed by atoms with Crippen molar-refractivity contribution in [1.29, 1.82) is 0 Å². The lowest BCUT2D eigenvalue weighted by atomic mass is 10.1. The van der Waals surface area contributed by atoms with E-state index in [0.717, 1.165) is 37.0 Å². The van der Waals surface area contributed by atoms with Gasteiger partial charge < -0.3 is 10.1 Å². The number of hydrogen-bond acceptors (Lipinski definition) is 3. The highest BCUT2D eigenvalue weighted by Crippen LogP contribution is 2.23. The predicted molar refractivity (Wildman–Crippen MR) is 83.7 cm³/mol. The van der Waals surface area contributed by atoms with Gasteiger partial charge in [0, 0.05) is 6.07 Å². The van der Waals surface area contributed by atoms with Gasteiger partial charge in [-0.2, -0.15) is 0 Å². The summed E-state index contributed by atoms with van der Waals surface area (Å²) in [6, 6.07) is 8.13. The first-order valence-electron chi connectivity index (χ1n) is 7.57. The van der Waals surface area contributed by atoms with E-state index in [4.69, 9.17) is 4.74 Å². The number of fused-ring (bicyclic) bond motifs is 1. The van der Waals surface area contributed by atoms with E-state index in [0.29, 0.717) is 11.6 Å². The molecule has 0 spiro atoms. The maximum absolute atomic E-state index is 13.4. The SMILES string of the molecule is O=C(COC(=O)c1ccc2c(c1)CCC2)Nc1ccc(F)cc1F. The molecule has 0 aromatic heterocycles. The number of carbonyl (C=O) groups excluding carboxylic acids is 2. The van der Waals surface area contributed by atoms with Crippen LogP contribution in [0.5, 0.6) is 0 Å². The number of ether oxygens (including phenoxy) is 1. The molecule has 0 bridgehead atoms. The van der Waals surface area contributed by atoms with Crippen LogP contribution in [0.1, 0.15) is 27.9 Å². The molecule has 0 radical (unpaired) electrons. The lowest BCUT2D eigenvalue weighted by Gasteiger charge is -2.08. The highest BCUT2D eigenvalue weighted by Gasteiger charge is 2.16. The van der Waals surface area contributed by atoms with Gasteiger partial charge >= 0.3 is 5.97 Å². The van der Waals surface area contributed by atoms with E-state index in [1.807, 2.05) is 6.07 Å². The normalized spacial score (nSPS) is 12.6. The van der Waals surface area contributed by atoms with Gasteiger partial charge in [-0.25, -0.2) is 13.6 Å². The molecule has 0 saturated carbocycles. The number of hydrogen-bond donors (Lipinski definition) is 1. The van der Waals surface area contributed by atoms with Crippen LogP contribution in [0, 0.1) is 11.6 Å². The van der Waals surface area contributed by atoms with Crippen molar-refractivity contribution >= 4 is 17.6 Å². The van der Waals surface area contributed by atoms with Crippen LogP contribution in [0.4, 0.5) is 14.5 Å². The summed E-state index contributed by atoms with van der Waals surface area (Å²) in [4.78, 5) is 23.7. The van der Waals surface area contributed by atoms with Crippen molar-refractivity contribution < 1.29 is 23.1 Å². The number of anilines is 1. The smallest absolute Gasteiger partial charge is 0.338 e. The predicted octanol–water partition coefficient (Wildman–Crippen LogP) is 3.25. The summed E-state index contributed by atoms with van der Waals surface area (Å²) < 4.78 is 31.2. The van der Waals surface area contributed by atoms with Gasteiger partial charge in [0.15, 0.2) is 6.61 Å². The summed E-state index contributed by atoms with van der Waals surface area (Å²) in [6.07, 6.45) is 3.01. The maximum Gasteiger partial charge on any atom is 0.338 e. The molecule has 4 nitrogen and oxygen atoms in total. The van der Waals surface area contributed by atoms with Crippen LogP contribution in [0.3, 0.4) is 0 Å². The minimum Gasteiger partial charge on any atom is -0.452 e. The standard InChI is InChI=1S/C18H15F2NO3/c19-14-6-7-16(15(20)9-14)21-17(22)10-24-18(23)13-5-4-11-2-1-3-12(11)8-13/h4-9H,1-3,10H2,(H,21,22). The molecule has 0 atom stereocenters. The van der Waals surface area contributed by atoms with Gasteiger partial charge in [0.1, 0.15) is 11.6 Å². The molecule has 1 amide bonds. The zero-order valence-corrected chi connectivity index (χ0v) is 12.8. The average Bonchev–Trinajstić information content (AvgIpc) is 3.03. The molecule has 124 valence electrons. The molecule has 2 aromatic carbocycles. The zero-order valence-electron chi connectivity index (χ0n) is 12.8. The van der Waals surface area contributed by atoms with Crippen molar-refractivity contribution in [1.82, 2.24) is 0 Å². The van der Waals surface area contributed by atoms with Gasteiger partial charge in [0.2, 0.25) is 0 Å². The number of carbonyl (C=O) groups is 2. The summed E-state index contributed by atoms with van der Waals surface area (Å²) in [7, 11) is 0. The van der Waals surface area contributed by atoms with Crippen molar-refractivity contribution in [3.8, 4) is 0 Å². The van der Waals surface area contributed by atoms with Crippen LogP contribution in [0.2, 0.25) is 0 Å². The minimum atomic E-state index is -0.895. The Hall–Kier alpha value is -2.76. The molecule has 3 rings (SSSR count). The fourth-order valence-corrected chi connectivity index (χ4v) is 2.69. The fraction of sp³-hybridized carbons (Fsp3) is 0.222. The molecule has 2 aromatic rings. The van der Waals surface area contributed by atoms with Crippen molar-refractivity contribution in [2.75, 3.05) is 11.9 Å². The molecular weight excluding hydrogens is 316 g/mol. The van der Waals surface area contributed by atoms with Gasteiger partial charge in [-0.1, -0.05) is 6.07 Å². The number of esters is 1. The van der Waals surface area contributed by atoms with Crippen molar-refractivity contribution in [3.63, 3.8) is 0 Å². The monoisotopic (exact) mass is 331 g/mol. The molecule has 1 N–H and O–H groups in total. The van der Waals surface area contributed by atoms with E-state index in [9.17, 15) is 18.4 Å². The van der Waals surface area contributed by atoms with Crippen LogP contribution in [0.25, 0.3) is 0 Å². The Morgan fingerprint density at radius 3 is 2.62 bits per heavy atom. The van der Waals surface area contributed by atoms with Crippen LogP contribution >= 0.6 is 0 Å². The molecule has 24 heavy (non-hydrogen) atoms. The van der Waals surface area contributed by atoms with E-state index >= 15 is 0 Å². The quantitative estimate of drug-likeness (QED) is 0.875. The molecule has 0 unspecified atom stereocenters. The minimum absolute atomic E-state index is 0.171. The number of benzene rings is 2. The van der Waals surface area contributed by atoms with Crippen molar-refractivity contribution in [2.45, 2.75) is 19.3 Å². The molecule has 1 aliphatic carbocycles. The molecule has 0 saturated heterocycles. The first kappa shape index (κ1) is 16.1. The Kier molecular flexibility index (Phi) is 4.55. The lowest BCUT2D eigenvalue weighted by molar-refractivity contribution is -0.119. The zero-order chi connectivity index (χ0) is 17.1. The lowest BCUT2D eigenvalue weighted by Crippen LogP contribution is -2.21. The summed E-state index contributed by atoms with van der Waals surface area (Å²) in [5.41, 5.74) is 2.57. The van der Waals surface area contributed by atoms with Gasteiger partial charge in [0.25, 0.3) is 5.91 Å². The Morgan fingerprint density at radius 1 is 1.04 bits per heavy atom. The largest absolute Gasteiger partial charge is 0.452 e. The number of aryl methyl sites for hydroxylation is 2. The number of amides is 1. The Morgan fingerprint density at radius 2 is 1.83 bits per heavy atom. The molecule has 1 aliphatic rings. The third-order valence-corrected chi connectivity index (χ3v) is 3.87. The summed E-state index contributed by atoms with van der Waals surface area (Å²) in [5.74, 6) is -2.95. The van der Waals surface area contributed by atoms with Gasteiger partial charge in [-0.05, 0) is 54.7 Å². The molecule has 0 aliphatic heterocycles. The first-order chi connectivity index (χ1) is 11.5. The second kappa shape index (κ2) is 6.78. The third-order valence-electron chi connectivity index (χ3n) is 3.87. The Labute approximate surface area is 137 Å². The van der Waals surface area contributed by atoms with E-state index in [1.54, 1.807) is 12.1 Å². The highest BCUT2D eigenvalue weighted by molar-refractivity contribution is 5.95. The van der Waals surface area contributed by atoms with E-state index in [-0.39, 0.29) is 5.69 Å². The van der Waals surface area contributed by atoms with Gasteiger partial charge in [-0.3, -0.25) is 4.79 Å². The second-order valence-electron chi connectivity index (χ2n) is 5.59. The van der Waals surface area contributed by atoms with E-state index < -0.39 is 30.1 Å². The highest BCUT2D eigenvalue weighted by atomic mass is 19.1. The first-order valence-corrected chi connectivity index (χ1v) is 7.57. The average molecular weight is 331 g/mol. The molecule has 0 fully saturated rings. The van der Waals surface area contributed by atoms with Crippen LogP contribution in [0.15, 0.2) is 36.4 Å². The number of halogens is 2. The number of rotatable bonds is 4. The van der Waals surface area contributed by atoms with Crippen LogP contribution in [-0.4, -0.2) is 18.5 Å². The van der Waals surface area contributed by atoms with E-state index in [2.05, 4.69) is 5.32 Å². The summed E-state index contributed by atoms with van der Waals surface area (Å²) in [5, 5.41) is 2.23.